The molecule has 0 aromatic carbocycles. The molecule has 15 heavy (non-hydrogen) atoms. The second-order valence-electron chi connectivity index (χ2n) is 5.49. The van der Waals surface area contributed by atoms with E-state index in [2.05, 4.69) is 11.0 Å². The number of hydrogen-bond acceptors (Lipinski definition) is 3. The van der Waals surface area contributed by atoms with Gasteiger partial charge in [0.25, 0.3) is 0 Å². The second kappa shape index (κ2) is 3.47. The van der Waals surface area contributed by atoms with Gasteiger partial charge in [-0.2, -0.15) is 5.26 Å². The Kier molecular flexibility index (Phi) is 2.22. The largest absolute Gasteiger partial charge is 0.372 e. The summed E-state index contributed by atoms with van der Waals surface area (Å²) in [5.41, 5.74) is 0.367. The van der Waals surface area contributed by atoms with Gasteiger partial charge in [-0.05, 0) is 31.1 Å². The van der Waals surface area contributed by atoms with E-state index < -0.39 is 0 Å². The summed E-state index contributed by atoms with van der Waals surface area (Å²) >= 11 is 0. The third-order valence-electron chi connectivity index (χ3n) is 4.09. The molecule has 1 saturated carbocycles. The minimum Gasteiger partial charge on any atom is -0.372 e. The number of ether oxygens (including phenoxy) is 1. The van der Waals surface area contributed by atoms with Crippen molar-refractivity contribution in [3.05, 3.63) is 0 Å². The Balaban J connectivity index is 1.58. The molecule has 82 valence electrons. The molecular weight excluding hydrogens is 188 g/mol. The monoisotopic (exact) mass is 206 g/mol. The van der Waals surface area contributed by atoms with Crippen LogP contribution in [0.25, 0.3) is 0 Å². The summed E-state index contributed by atoms with van der Waals surface area (Å²) in [6.45, 7) is 3.34. The van der Waals surface area contributed by atoms with E-state index in [1.54, 1.807) is 0 Å². The highest BCUT2D eigenvalue weighted by Crippen LogP contribution is 2.49. The van der Waals surface area contributed by atoms with Crippen molar-refractivity contribution in [1.29, 1.82) is 5.26 Å². The van der Waals surface area contributed by atoms with Crippen LogP contribution < -0.4 is 0 Å². The first-order chi connectivity index (χ1) is 7.30. The van der Waals surface area contributed by atoms with Gasteiger partial charge in [0.15, 0.2) is 0 Å². The Morgan fingerprint density at radius 1 is 1.27 bits per heavy atom. The lowest BCUT2D eigenvalue weighted by Crippen LogP contribution is -2.45. The Morgan fingerprint density at radius 3 is 2.47 bits per heavy atom. The summed E-state index contributed by atoms with van der Waals surface area (Å²) < 4.78 is 5.82. The summed E-state index contributed by atoms with van der Waals surface area (Å²) in [4.78, 5) is 2.54. The predicted molar refractivity (Wildman–Crippen MR) is 56.2 cm³/mol. The van der Waals surface area contributed by atoms with Crippen LogP contribution in [0.5, 0.6) is 0 Å². The molecule has 2 saturated heterocycles. The van der Waals surface area contributed by atoms with Gasteiger partial charge in [0.05, 0.1) is 18.3 Å². The fourth-order valence-corrected chi connectivity index (χ4v) is 3.04. The molecule has 3 fully saturated rings. The number of likely N-dealkylation sites (tertiary alicyclic amines) is 1. The molecule has 2 bridgehead atoms. The van der Waals surface area contributed by atoms with Gasteiger partial charge in [-0.1, -0.05) is 0 Å². The van der Waals surface area contributed by atoms with Crippen molar-refractivity contribution in [2.45, 2.75) is 44.3 Å². The molecule has 3 nitrogen and oxygen atoms in total. The number of hydrogen-bond donors (Lipinski definition) is 0. The van der Waals surface area contributed by atoms with Crippen LogP contribution in [-0.2, 0) is 4.74 Å². The fraction of sp³-hybridized carbons (Fsp3) is 0.917. The van der Waals surface area contributed by atoms with Crippen LogP contribution in [0.1, 0.15) is 32.1 Å². The third kappa shape index (κ3) is 1.89. The van der Waals surface area contributed by atoms with Crippen molar-refractivity contribution in [2.24, 2.45) is 5.41 Å². The molecule has 3 heteroatoms. The number of nitrogens with zero attached hydrogens (tertiary/aromatic N) is 2. The Labute approximate surface area is 91.0 Å². The molecule has 0 amide bonds. The lowest BCUT2D eigenvalue weighted by Gasteiger charge is -2.34. The third-order valence-corrected chi connectivity index (χ3v) is 4.09. The van der Waals surface area contributed by atoms with Crippen LogP contribution in [0, 0.1) is 16.7 Å². The molecule has 3 rings (SSSR count). The van der Waals surface area contributed by atoms with Crippen LogP contribution in [0.4, 0.5) is 0 Å². The zero-order valence-corrected chi connectivity index (χ0v) is 9.11. The van der Waals surface area contributed by atoms with Crippen molar-refractivity contribution in [2.75, 3.05) is 19.6 Å². The van der Waals surface area contributed by atoms with Gasteiger partial charge in [-0.3, -0.25) is 4.90 Å². The summed E-state index contributed by atoms with van der Waals surface area (Å²) in [6, 6.07) is 2.34. The first kappa shape index (κ1) is 9.62. The summed E-state index contributed by atoms with van der Waals surface area (Å²) in [5.74, 6) is 0. The van der Waals surface area contributed by atoms with Crippen LogP contribution in [0.2, 0.25) is 0 Å². The molecule has 0 aromatic rings. The quantitative estimate of drug-likeness (QED) is 0.703. The highest BCUT2D eigenvalue weighted by atomic mass is 16.5. The molecule has 2 heterocycles. The van der Waals surface area contributed by atoms with Gasteiger partial charge < -0.3 is 4.74 Å². The van der Waals surface area contributed by atoms with E-state index in [1.807, 2.05) is 0 Å². The van der Waals surface area contributed by atoms with Crippen molar-refractivity contribution in [3.8, 4) is 6.07 Å². The van der Waals surface area contributed by atoms with E-state index in [9.17, 15) is 0 Å². The molecule has 2 unspecified atom stereocenters. The maximum absolute atomic E-state index is 8.79. The number of fused-ring (bicyclic) bond motifs is 2. The molecule has 0 aromatic heterocycles. The minimum atomic E-state index is 0.367. The molecular formula is C12H18N2O. The average molecular weight is 206 g/mol. The van der Waals surface area contributed by atoms with Crippen molar-refractivity contribution < 1.29 is 4.74 Å². The van der Waals surface area contributed by atoms with E-state index >= 15 is 0 Å². The smallest absolute Gasteiger partial charge is 0.0707 e. The van der Waals surface area contributed by atoms with Gasteiger partial charge in [0.1, 0.15) is 0 Å². The molecule has 3 aliphatic rings. The standard InChI is InChI=1S/C12H18N2O/c13-6-5-12(3-4-12)9-14-7-10-1-2-11(8-14)15-10/h10-11H,1-5,7-9H2. The number of rotatable bonds is 3. The summed E-state index contributed by atoms with van der Waals surface area (Å²) in [6.07, 6.45) is 6.72. The number of morpholine rings is 1. The maximum atomic E-state index is 8.79. The van der Waals surface area contributed by atoms with Crippen LogP contribution in [-0.4, -0.2) is 36.7 Å². The topological polar surface area (TPSA) is 36.3 Å². The lowest BCUT2D eigenvalue weighted by molar-refractivity contribution is -0.0437. The molecule has 1 aliphatic carbocycles. The molecule has 0 N–H and O–H groups in total. The van der Waals surface area contributed by atoms with Crippen molar-refractivity contribution >= 4 is 0 Å². The average Bonchev–Trinajstić information content (AvgIpc) is 2.87. The van der Waals surface area contributed by atoms with E-state index in [1.165, 1.54) is 25.7 Å². The van der Waals surface area contributed by atoms with Gasteiger partial charge in [0.2, 0.25) is 0 Å². The zero-order chi connectivity index (χ0) is 10.3. The van der Waals surface area contributed by atoms with E-state index in [0.29, 0.717) is 17.6 Å². The van der Waals surface area contributed by atoms with Gasteiger partial charge in [-0.25, -0.2) is 0 Å². The molecule has 2 atom stereocenters. The lowest BCUT2D eigenvalue weighted by atomic mass is 10.0. The minimum absolute atomic E-state index is 0.367. The van der Waals surface area contributed by atoms with Gasteiger partial charge >= 0.3 is 0 Å². The Morgan fingerprint density at radius 2 is 1.93 bits per heavy atom. The summed E-state index contributed by atoms with van der Waals surface area (Å²) in [5, 5.41) is 8.79. The molecule has 0 spiro atoms. The SMILES string of the molecule is N#CCC1(CN2CC3CCC(C2)O3)CC1. The van der Waals surface area contributed by atoms with Crippen LogP contribution >= 0.6 is 0 Å². The first-order valence-corrected chi connectivity index (χ1v) is 6.04. The highest BCUT2D eigenvalue weighted by molar-refractivity contribution is 5.02. The normalized spacial score (nSPS) is 37.5. The first-order valence-electron chi connectivity index (χ1n) is 6.04. The molecule has 2 aliphatic heterocycles. The fourth-order valence-electron chi connectivity index (χ4n) is 3.04. The number of nitriles is 1. The Hall–Kier alpha value is -0.590. The predicted octanol–water partition coefficient (Wildman–Crippen LogP) is 1.54. The van der Waals surface area contributed by atoms with Crippen LogP contribution in [0.3, 0.4) is 0 Å². The zero-order valence-electron chi connectivity index (χ0n) is 9.11. The summed E-state index contributed by atoms with van der Waals surface area (Å²) in [7, 11) is 0. The van der Waals surface area contributed by atoms with Crippen molar-refractivity contribution in [1.82, 2.24) is 4.90 Å². The van der Waals surface area contributed by atoms with E-state index in [-0.39, 0.29) is 0 Å². The second-order valence-corrected chi connectivity index (χ2v) is 5.49. The molecule has 0 radical (unpaired) electrons. The van der Waals surface area contributed by atoms with Crippen molar-refractivity contribution in [3.63, 3.8) is 0 Å². The van der Waals surface area contributed by atoms with Crippen LogP contribution in [0.15, 0.2) is 0 Å². The highest BCUT2D eigenvalue weighted by Gasteiger charge is 2.45. The van der Waals surface area contributed by atoms with E-state index in [4.69, 9.17) is 10.00 Å². The van der Waals surface area contributed by atoms with Gasteiger partial charge in [-0.15, -0.1) is 0 Å². The van der Waals surface area contributed by atoms with E-state index in [0.717, 1.165) is 26.1 Å². The van der Waals surface area contributed by atoms with Gasteiger partial charge in [0, 0.05) is 26.1 Å². The Bertz CT molecular complexity index is 280. The maximum Gasteiger partial charge on any atom is 0.0707 e.